The lowest BCUT2D eigenvalue weighted by Crippen LogP contribution is -2.46. The Bertz CT molecular complexity index is 733. The van der Waals surface area contributed by atoms with Crippen molar-refractivity contribution < 1.29 is 14.3 Å². The van der Waals surface area contributed by atoms with E-state index in [1.807, 2.05) is 67.6 Å². The molecule has 0 bridgehead atoms. The molecule has 1 aliphatic heterocycles. The second-order valence-corrected chi connectivity index (χ2v) is 6.53. The van der Waals surface area contributed by atoms with Gasteiger partial charge in [-0.05, 0) is 30.9 Å². The molecule has 0 spiro atoms. The number of nitrogens with one attached hydrogen (secondary N) is 1. The monoisotopic (exact) mass is 352 g/mol. The SMILES string of the molecule is C[C@@H](NC(=O)[C@H]1CCCN1C(=O)OCc1ccccc1)c1ccccc1. The summed E-state index contributed by atoms with van der Waals surface area (Å²) in [6.07, 6.45) is 1.03. The van der Waals surface area contributed by atoms with Crippen LogP contribution in [0.3, 0.4) is 0 Å². The maximum atomic E-state index is 12.7. The fourth-order valence-electron chi connectivity index (χ4n) is 3.19. The quantitative estimate of drug-likeness (QED) is 0.893. The second kappa shape index (κ2) is 8.52. The van der Waals surface area contributed by atoms with Crippen molar-refractivity contribution in [3.63, 3.8) is 0 Å². The lowest BCUT2D eigenvalue weighted by Gasteiger charge is -2.25. The Hall–Kier alpha value is -2.82. The average molecular weight is 352 g/mol. The van der Waals surface area contributed by atoms with Gasteiger partial charge in [0.1, 0.15) is 12.6 Å². The summed E-state index contributed by atoms with van der Waals surface area (Å²) >= 11 is 0. The number of nitrogens with zero attached hydrogens (tertiary/aromatic N) is 1. The maximum Gasteiger partial charge on any atom is 0.410 e. The van der Waals surface area contributed by atoms with Gasteiger partial charge >= 0.3 is 6.09 Å². The third kappa shape index (κ3) is 4.42. The first-order valence-electron chi connectivity index (χ1n) is 8.98. The summed E-state index contributed by atoms with van der Waals surface area (Å²) in [6, 6.07) is 18.8. The zero-order valence-electron chi connectivity index (χ0n) is 14.9. The van der Waals surface area contributed by atoms with Gasteiger partial charge in [0.15, 0.2) is 0 Å². The second-order valence-electron chi connectivity index (χ2n) is 6.53. The van der Waals surface area contributed by atoms with Gasteiger partial charge in [-0.15, -0.1) is 0 Å². The van der Waals surface area contributed by atoms with Crippen molar-refractivity contribution in [3.8, 4) is 0 Å². The molecule has 1 aliphatic rings. The van der Waals surface area contributed by atoms with Crippen LogP contribution in [0.1, 0.15) is 36.9 Å². The molecule has 0 aliphatic carbocycles. The maximum absolute atomic E-state index is 12.7. The van der Waals surface area contributed by atoms with Gasteiger partial charge in [-0.3, -0.25) is 9.69 Å². The van der Waals surface area contributed by atoms with E-state index in [0.717, 1.165) is 17.5 Å². The Morgan fingerprint density at radius 3 is 2.46 bits per heavy atom. The molecule has 1 fully saturated rings. The summed E-state index contributed by atoms with van der Waals surface area (Å²) in [5.41, 5.74) is 1.97. The van der Waals surface area contributed by atoms with Crippen LogP contribution in [0.2, 0.25) is 0 Å². The molecule has 5 heteroatoms. The van der Waals surface area contributed by atoms with Gasteiger partial charge in [0.05, 0.1) is 6.04 Å². The Morgan fingerprint density at radius 1 is 1.12 bits per heavy atom. The largest absolute Gasteiger partial charge is 0.445 e. The fourth-order valence-corrected chi connectivity index (χ4v) is 3.19. The molecule has 1 saturated heterocycles. The van der Waals surface area contributed by atoms with Gasteiger partial charge in [0, 0.05) is 6.54 Å². The highest BCUT2D eigenvalue weighted by molar-refractivity contribution is 5.86. The van der Waals surface area contributed by atoms with Crippen LogP contribution in [-0.4, -0.2) is 29.5 Å². The normalized spacial score (nSPS) is 17.6. The minimum atomic E-state index is -0.468. The summed E-state index contributed by atoms with van der Waals surface area (Å²) in [7, 11) is 0. The number of carbonyl (C=O) groups is 2. The number of likely N-dealkylation sites (tertiary alicyclic amines) is 1. The first-order valence-corrected chi connectivity index (χ1v) is 8.98. The summed E-state index contributed by atoms with van der Waals surface area (Å²) in [4.78, 5) is 26.6. The Kier molecular flexibility index (Phi) is 5.89. The summed E-state index contributed by atoms with van der Waals surface area (Å²) in [5, 5.41) is 3.01. The van der Waals surface area contributed by atoms with Crippen molar-refractivity contribution in [2.24, 2.45) is 0 Å². The minimum Gasteiger partial charge on any atom is -0.445 e. The van der Waals surface area contributed by atoms with E-state index < -0.39 is 12.1 Å². The number of amides is 2. The zero-order chi connectivity index (χ0) is 18.4. The Morgan fingerprint density at radius 2 is 1.77 bits per heavy atom. The lowest BCUT2D eigenvalue weighted by molar-refractivity contribution is -0.125. The number of benzene rings is 2. The van der Waals surface area contributed by atoms with E-state index in [4.69, 9.17) is 4.74 Å². The first-order chi connectivity index (χ1) is 12.6. The van der Waals surface area contributed by atoms with Gasteiger partial charge in [-0.25, -0.2) is 4.79 Å². The van der Waals surface area contributed by atoms with Crippen LogP contribution in [0.25, 0.3) is 0 Å². The molecule has 2 amide bonds. The van der Waals surface area contributed by atoms with E-state index in [1.54, 1.807) is 0 Å². The van der Waals surface area contributed by atoms with Crippen molar-refractivity contribution in [2.45, 2.75) is 38.5 Å². The smallest absolute Gasteiger partial charge is 0.410 e. The number of rotatable bonds is 5. The highest BCUT2D eigenvalue weighted by Crippen LogP contribution is 2.21. The van der Waals surface area contributed by atoms with Crippen LogP contribution in [0.4, 0.5) is 4.79 Å². The van der Waals surface area contributed by atoms with Crippen molar-refractivity contribution in [2.75, 3.05) is 6.54 Å². The van der Waals surface area contributed by atoms with E-state index in [0.29, 0.717) is 13.0 Å². The highest BCUT2D eigenvalue weighted by atomic mass is 16.6. The van der Waals surface area contributed by atoms with E-state index in [1.165, 1.54) is 4.90 Å². The molecule has 0 aromatic heterocycles. The number of hydrogen-bond acceptors (Lipinski definition) is 3. The number of hydrogen-bond donors (Lipinski definition) is 1. The lowest BCUT2D eigenvalue weighted by atomic mass is 10.1. The van der Waals surface area contributed by atoms with Crippen LogP contribution < -0.4 is 5.32 Å². The molecule has 0 radical (unpaired) electrons. The molecule has 2 aromatic carbocycles. The number of carbonyl (C=O) groups excluding carboxylic acids is 2. The van der Waals surface area contributed by atoms with E-state index >= 15 is 0 Å². The van der Waals surface area contributed by atoms with Gasteiger partial charge in [0.2, 0.25) is 5.91 Å². The fraction of sp³-hybridized carbons (Fsp3) is 0.333. The predicted molar refractivity (Wildman–Crippen MR) is 99.4 cm³/mol. The van der Waals surface area contributed by atoms with Crippen LogP contribution in [-0.2, 0) is 16.1 Å². The summed E-state index contributed by atoms with van der Waals surface area (Å²) in [6.45, 7) is 2.70. The third-order valence-electron chi connectivity index (χ3n) is 4.65. The van der Waals surface area contributed by atoms with E-state index in [-0.39, 0.29) is 18.6 Å². The van der Waals surface area contributed by atoms with Gasteiger partial charge < -0.3 is 10.1 Å². The molecule has 1 heterocycles. The summed E-state index contributed by atoms with van der Waals surface area (Å²) < 4.78 is 5.39. The molecule has 0 unspecified atom stereocenters. The van der Waals surface area contributed by atoms with E-state index in [2.05, 4.69) is 5.32 Å². The molecular formula is C21H24N2O3. The molecule has 136 valence electrons. The van der Waals surface area contributed by atoms with Crippen molar-refractivity contribution in [3.05, 3.63) is 71.8 Å². The van der Waals surface area contributed by atoms with Gasteiger partial charge in [-0.2, -0.15) is 0 Å². The molecule has 2 atom stereocenters. The molecule has 3 rings (SSSR count). The Balaban J connectivity index is 1.56. The first kappa shape index (κ1) is 18.0. The molecule has 0 saturated carbocycles. The molecule has 5 nitrogen and oxygen atoms in total. The van der Waals surface area contributed by atoms with Gasteiger partial charge in [-0.1, -0.05) is 60.7 Å². The van der Waals surface area contributed by atoms with Crippen LogP contribution in [0.5, 0.6) is 0 Å². The van der Waals surface area contributed by atoms with Gasteiger partial charge in [0.25, 0.3) is 0 Å². The molecule has 2 aromatic rings. The molecule has 26 heavy (non-hydrogen) atoms. The standard InChI is InChI=1S/C21H24N2O3/c1-16(18-11-6-3-7-12-18)22-20(24)19-13-8-14-23(19)21(25)26-15-17-9-4-2-5-10-17/h2-7,9-12,16,19H,8,13-15H2,1H3,(H,22,24)/t16-,19-/m1/s1. The third-order valence-corrected chi connectivity index (χ3v) is 4.65. The van der Waals surface area contributed by atoms with Crippen molar-refractivity contribution in [1.29, 1.82) is 0 Å². The average Bonchev–Trinajstić information content (AvgIpc) is 3.17. The van der Waals surface area contributed by atoms with Crippen LogP contribution in [0.15, 0.2) is 60.7 Å². The predicted octanol–water partition coefficient (Wildman–Crippen LogP) is 3.67. The van der Waals surface area contributed by atoms with Crippen molar-refractivity contribution >= 4 is 12.0 Å². The molecular weight excluding hydrogens is 328 g/mol. The topological polar surface area (TPSA) is 58.6 Å². The van der Waals surface area contributed by atoms with Crippen LogP contribution >= 0.6 is 0 Å². The zero-order valence-corrected chi connectivity index (χ0v) is 14.9. The van der Waals surface area contributed by atoms with E-state index in [9.17, 15) is 9.59 Å². The van der Waals surface area contributed by atoms with Crippen LogP contribution in [0, 0.1) is 0 Å². The minimum absolute atomic E-state index is 0.105. The highest BCUT2D eigenvalue weighted by Gasteiger charge is 2.35. The molecule has 1 N–H and O–H groups in total. The summed E-state index contributed by atoms with van der Waals surface area (Å²) in [5.74, 6) is -0.129. The Labute approximate surface area is 154 Å². The van der Waals surface area contributed by atoms with Crippen molar-refractivity contribution in [1.82, 2.24) is 10.2 Å². The number of ether oxygens (including phenoxy) is 1.